The van der Waals surface area contributed by atoms with Crippen molar-refractivity contribution in [1.82, 2.24) is 0 Å². The molecule has 1 saturated carbocycles. The molecule has 2 aliphatic rings. The largest absolute Gasteiger partial charge is 0.392 e. The quantitative estimate of drug-likeness (QED) is 0.600. The van der Waals surface area contributed by atoms with E-state index >= 15 is 0 Å². The molecule has 0 amide bonds. The maximum absolute atomic E-state index is 9.66. The highest BCUT2D eigenvalue weighted by atomic mass is 16.3. The second kappa shape index (κ2) is 2.63. The van der Waals surface area contributed by atoms with Crippen LogP contribution in [0.15, 0.2) is 12.2 Å². The number of aliphatic hydroxyl groups is 1. The fourth-order valence-corrected chi connectivity index (χ4v) is 2.63. The van der Waals surface area contributed by atoms with Crippen LogP contribution in [0.3, 0.4) is 0 Å². The lowest BCUT2D eigenvalue weighted by Gasteiger charge is -2.16. The molecule has 4 unspecified atom stereocenters. The Morgan fingerprint density at radius 2 is 2.27 bits per heavy atom. The van der Waals surface area contributed by atoms with E-state index < -0.39 is 0 Å². The van der Waals surface area contributed by atoms with Gasteiger partial charge in [0.2, 0.25) is 0 Å². The van der Waals surface area contributed by atoms with E-state index in [4.69, 9.17) is 0 Å². The predicted octanol–water partition coefficient (Wildman–Crippen LogP) is 1.97. The van der Waals surface area contributed by atoms with E-state index in [0.717, 1.165) is 5.92 Å². The van der Waals surface area contributed by atoms with Gasteiger partial charge in [-0.2, -0.15) is 0 Å². The van der Waals surface area contributed by atoms with Gasteiger partial charge < -0.3 is 5.11 Å². The Labute approximate surface area is 68.1 Å². The third kappa shape index (κ3) is 1.02. The van der Waals surface area contributed by atoms with E-state index in [1.54, 1.807) is 0 Å². The van der Waals surface area contributed by atoms with Crippen molar-refractivity contribution in [1.29, 1.82) is 0 Å². The van der Waals surface area contributed by atoms with Crippen LogP contribution in [0.4, 0.5) is 0 Å². The van der Waals surface area contributed by atoms with Gasteiger partial charge in [0.15, 0.2) is 0 Å². The van der Waals surface area contributed by atoms with Gasteiger partial charge in [-0.15, -0.1) is 0 Å². The van der Waals surface area contributed by atoms with Gasteiger partial charge in [0, 0.05) is 11.8 Å². The molecule has 1 fully saturated rings. The Hall–Kier alpha value is -0.300. The third-order valence-electron chi connectivity index (χ3n) is 3.19. The van der Waals surface area contributed by atoms with Gasteiger partial charge in [0.05, 0.1) is 6.10 Å². The summed E-state index contributed by atoms with van der Waals surface area (Å²) in [5.41, 5.74) is 0. The van der Waals surface area contributed by atoms with Crippen LogP contribution in [-0.2, 0) is 0 Å². The smallest absolute Gasteiger partial charge is 0.0668 e. The van der Waals surface area contributed by atoms with E-state index in [1.807, 2.05) is 0 Å². The number of hydrogen-bond donors (Lipinski definition) is 1. The first-order chi connectivity index (χ1) is 5.33. The first-order valence-electron chi connectivity index (χ1n) is 4.69. The van der Waals surface area contributed by atoms with Crippen LogP contribution in [0.1, 0.15) is 26.2 Å². The summed E-state index contributed by atoms with van der Waals surface area (Å²) in [7, 11) is 0. The second-order valence-electron chi connectivity index (χ2n) is 3.90. The number of fused-ring (bicyclic) bond motifs is 2. The van der Waals surface area contributed by atoms with Crippen LogP contribution < -0.4 is 0 Å². The molecular formula is C10H16O. The molecule has 2 bridgehead atoms. The Bertz CT molecular complexity index is 174. The summed E-state index contributed by atoms with van der Waals surface area (Å²) in [5.74, 6) is 1.78. The number of aliphatic hydroxyl groups excluding tert-OH is 1. The highest BCUT2D eigenvalue weighted by molar-refractivity contribution is 5.14. The average molecular weight is 152 g/mol. The molecule has 4 atom stereocenters. The van der Waals surface area contributed by atoms with Crippen LogP contribution >= 0.6 is 0 Å². The SMILES string of the molecule is CCCC1CC2C=CC1C2O. The minimum atomic E-state index is -0.0356. The minimum Gasteiger partial charge on any atom is -0.392 e. The molecule has 62 valence electrons. The molecule has 1 nitrogen and oxygen atoms in total. The van der Waals surface area contributed by atoms with Crippen LogP contribution in [0.2, 0.25) is 0 Å². The summed E-state index contributed by atoms with van der Waals surface area (Å²) in [4.78, 5) is 0. The van der Waals surface area contributed by atoms with Gasteiger partial charge in [-0.05, 0) is 12.3 Å². The van der Waals surface area contributed by atoms with Crippen molar-refractivity contribution in [3.63, 3.8) is 0 Å². The van der Waals surface area contributed by atoms with Crippen molar-refractivity contribution in [2.75, 3.05) is 0 Å². The van der Waals surface area contributed by atoms with Gasteiger partial charge >= 0.3 is 0 Å². The van der Waals surface area contributed by atoms with Gasteiger partial charge in [-0.3, -0.25) is 0 Å². The maximum Gasteiger partial charge on any atom is 0.0668 e. The molecule has 11 heavy (non-hydrogen) atoms. The molecular weight excluding hydrogens is 136 g/mol. The Morgan fingerprint density at radius 3 is 2.73 bits per heavy atom. The van der Waals surface area contributed by atoms with Crippen molar-refractivity contribution >= 4 is 0 Å². The zero-order valence-electron chi connectivity index (χ0n) is 7.03. The van der Waals surface area contributed by atoms with E-state index in [0.29, 0.717) is 11.8 Å². The number of hydrogen-bond acceptors (Lipinski definition) is 1. The summed E-state index contributed by atoms with van der Waals surface area (Å²) in [6, 6.07) is 0. The van der Waals surface area contributed by atoms with Gasteiger partial charge in [0.25, 0.3) is 0 Å². The third-order valence-corrected chi connectivity index (χ3v) is 3.19. The minimum absolute atomic E-state index is 0.0356. The van der Waals surface area contributed by atoms with Crippen molar-refractivity contribution in [2.45, 2.75) is 32.3 Å². The van der Waals surface area contributed by atoms with Crippen LogP contribution in [0.25, 0.3) is 0 Å². The Kier molecular flexibility index (Phi) is 1.76. The lowest BCUT2D eigenvalue weighted by atomic mass is 9.89. The molecule has 1 N–H and O–H groups in total. The van der Waals surface area contributed by atoms with E-state index in [9.17, 15) is 5.11 Å². The van der Waals surface area contributed by atoms with Gasteiger partial charge in [-0.25, -0.2) is 0 Å². The van der Waals surface area contributed by atoms with Gasteiger partial charge in [0.1, 0.15) is 0 Å². The van der Waals surface area contributed by atoms with Crippen molar-refractivity contribution in [2.24, 2.45) is 17.8 Å². The summed E-state index contributed by atoms with van der Waals surface area (Å²) in [6.07, 6.45) is 8.17. The van der Waals surface area contributed by atoms with E-state index in [-0.39, 0.29) is 6.10 Å². The molecule has 0 aliphatic heterocycles. The molecule has 0 aromatic heterocycles. The summed E-state index contributed by atoms with van der Waals surface area (Å²) >= 11 is 0. The second-order valence-corrected chi connectivity index (χ2v) is 3.90. The first-order valence-corrected chi connectivity index (χ1v) is 4.69. The molecule has 2 rings (SSSR count). The molecule has 0 saturated heterocycles. The van der Waals surface area contributed by atoms with Crippen molar-refractivity contribution in [3.8, 4) is 0 Å². The Morgan fingerprint density at radius 1 is 1.45 bits per heavy atom. The van der Waals surface area contributed by atoms with Crippen LogP contribution in [-0.4, -0.2) is 11.2 Å². The molecule has 2 aliphatic carbocycles. The van der Waals surface area contributed by atoms with E-state index in [2.05, 4.69) is 19.1 Å². The maximum atomic E-state index is 9.66. The predicted molar refractivity (Wildman–Crippen MR) is 45.1 cm³/mol. The topological polar surface area (TPSA) is 20.2 Å². The zero-order chi connectivity index (χ0) is 7.84. The summed E-state index contributed by atoms with van der Waals surface area (Å²) < 4.78 is 0. The lowest BCUT2D eigenvalue weighted by Crippen LogP contribution is -2.15. The molecule has 0 aromatic rings. The van der Waals surface area contributed by atoms with Gasteiger partial charge in [-0.1, -0.05) is 31.9 Å². The molecule has 0 spiro atoms. The highest BCUT2D eigenvalue weighted by Crippen LogP contribution is 2.45. The lowest BCUT2D eigenvalue weighted by molar-refractivity contribution is 0.129. The molecule has 1 heteroatoms. The molecule has 0 aromatic carbocycles. The standard InChI is InChI=1S/C10H16O/c1-2-3-7-6-8-4-5-9(7)10(8)11/h4-5,7-11H,2-3,6H2,1H3. The normalized spacial score (nSPS) is 47.1. The zero-order valence-corrected chi connectivity index (χ0v) is 7.03. The first kappa shape index (κ1) is 7.35. The summed E-state index contributed by atoms with van der Waals surface area (Å²) in [5, 5.41) is 9.66. The molecule has 0 radical (unpaired) electrons. The van der Waals surface area contributed by atoms with Crippen molar-refractivity contribution in [3.05, 3.63) is 12.2 Å². The highest BCUT2D eigenvalue weighted by Gasteiger charge is 2.42. The van der Waals surface area contributed by atoms with Crippen molar-refractivity contribution < 1.29 is 5.11 Å². The fraction of sp³-hybridized carbons (Fsp3) is 0.800. The van der Waals surface area contributed by atoms with Crippen LogP contribution in [0.5, 0.6) is 0 Å². The number of rotatable bonds is 2. The Balaban J connectivity index is 2.03. The monoisotopic (exact) mass is 152 g/mol. The van der Waals surface area contributed by atoms with Crippen LogP contribution in [0, 0.1) is 17.8 Å². The average Bonchev–Trinajstić information content (AvgIpc) is 2.47. The molecule has 0 heterocycles. The summed E-state index contributed by atoms with van der Waals surface area (Å²) in [6.45, 7) is 2.22. The van der Waals surface area contributed by atoms with E-state index in [1.165, 1.54) is 19.3 Å². The fourth-order valence-electron chi connectivity index (χ4n) is 2.63.